The fraction of sp³-hybridized carbons (Fsp3) is 0.433. The van der Waals surface area contributed by atoms with Crippen molar-refractivity contribution in [2.45, 2.75) is 45.6 Å². The third-order valence-corrected chi connectivity index (χ3v) is 9.24. The molecule has 8 nitrogen and oxygen atoms in total. The van der Waals surface area contributed by atoms with Crippen molar-refractivity contribution < 1.29 is 22.7 Å². The summed E-state index contributed by atoms with van der Waals surface area (Å²) < 4.78 is 29.7. The van der Waals surface area contributed by atoms with Crippen LogP contribution in [-0.4, -0.2) is 57.1 Å². The number of hydrogen-bond donors (Lipinski definition) is 2. The lowest BCUT2D eigenvalue weighted by Crippen LogP contribution is -2.40. The van der Waals surface area contributed by atoms with Gasteiger partial charge in [0.25, 0.3) is 0 Å². The van der Waals surface area contributed by atoms with Crippen molar-refractivity contribution in [1.82, 2.24) is 5.32 Å². The zero-order chi connectivity index (χ0) is 27.6. The van der Waals surface area contributed by atoms with Gasteiger partial charge in [0.05, 0.1) is 23.6 Å². The van der Waals surface area contributed by atoms with E-state index in [0.717, 1.165) is 48.5 Å². The lowest BCUT2D eigenvalue weighted by atomic mass is 9.97. The summed E-state index contributed by atoms with van der Waals surface area (Å²) in [6, 6.07) is 14.8. The van der Waals surface area contributed by atoms with Gasteiger partial charge in [-0.15, -0.1) is 0 Å². The Balaban J connectivity index is 1.39. The Bertz CT molecular complexity index is 1430. The number of hydrogen-bond acceptors (Lipinski definition) is 7. The SMILES string of the molecule is Cc1ccc(C(NC(=O)Cc2ccc(O)c(N3CCS(=O)(=O)CC3)c2)c2ccc(C)o2)c(N2CCCCC2)c1. The average molecular weight is 552 g/mol. The van der Waals surface area contributed by atoms with Crippen molar-refractivity contribution in [2.24, 2.45) is 0 Å². The fourth-order valence-electron chi connectivity index (χ4n) is 5.50. The summed E-state index contributed by atoms with van der Waals surface area (Å²) in [5.74, 6) is 1.48. The third-order valence-electron chi connectivity index (χ3n) is 7.63. The molecule has 0 radical (unpaired) electrons. The van der Waals surface area contributed by atoms with Crippen LogP contribution in [0.25, 0.3) is 0 Å². The second-order valence-electron chi connectivity index (χ2n) is 10.7. The highest BCUT2D eigenvalue weighted by Gasteiger charge is 2.27. The van der Waals surface area contributed by atoms with Crippen LogP contribution in [-0.2, 0) is 21.1 Å². The summed E-state index contributed by atoms with van der Waals surface area (Å²) in [5, 5.41) is 13.7. The minimum atomic E-state index is -3.04. The Morgan fingerprint density at radius 2 is 1.64 bits per heavy atom. The summed E-state index contributed by atoms with van der Waals surface area (Å²) in [6.45, 7) is 6.59. The minimum absolute atomic E-state index is 0.0529. The molecule has 3 heterocycles. The van der Waals surface area contributed by atoms with Crippen LogP contribution in [0.4, 0.5) is 11.4 Å². The first kappa shape index (κ1) is 27.1. The molecule has 5 rings (SSSR count). The Kier molecular flexibility index (Phi) is 7.88. The van der Waals surface area contributed by atoms with E-state index < -0.39 is 15.9 Å². The minimum Gasteiger partial charge on any atom is -0.506 e. The van der Waals surface area contributed by atoms with Crippen molar-refractivity contribution in [3.05, 3.63) is 76.7 Å². The van der Waals surface area contributed by atoms with Gasteiger partial charge in [-0.05, 0) is 74.6 Å². The smallest absolute Gasteiger partial charge is 0.225 e. The van der Waals surface area contributed by atoms with E-state index in [-0.39, 0.29) is 29.6 Å². The van der Waals surface area contributed by atoms with Crippen LogP contribution < -0.4 is 15.1 Å². The van der Waals surface area contributed by atoms with Gasteiger partial charge in [-0.3, -0.25) is 4.79 Å². The van der Waals surface area contributed by atoms with Crippen molar-refractivity contribution in [2.75, 3.05) is 47.5 Å². The van der Waals surface area contributed by atoms with Gasteiger partial charge in [-0.2, -0.15) is 0 Å². The summed E-state index contributed by atoms with van der Waals surface area (Å²) in [7, 11) is -3.04. The number of rotatable bonds is 7. The van der Waals surface area contributed by atoms with Crippen LogP contribution in [0.5, 0.6) is 5.75 Å². The lowest BCUT2D eigenvalue weighted by molar-refractivity contribution is -0.121. The van der Waals surface area contributed by atoms with Crippen LogP contribution in [0.1, 0.15) is 53.5 Å². The fourth-order valence-corrected chi connectivity index (χ4v) is 6.70. The monoisotopic (exact) mass is 551 g/mol. The Morgan fingerprint density at radius 1 is 0.923 bits per heavy atom. The molecule has 2 aliphatic rings. The van der Waals surface area contributed by atoms with E-state index in [9.17, 15) is 18.3 Å². The number of aryl methyl sites for hydroxylation is 2. The van der Waals surface area contributed by atoms with Crippen LogP contribution >= 0.6 is 0 Å². The Labute approximate surface area is 230 Å². The molecule has 0 saturated carbocycles. The van der Waals surface area contributed by atoms with E-state index >= 15 is 0 Å². The molecule has 2 aromatic carbocycles. The number of nitrogens with zero attached hydrogens (tertiary/aromatic N) is 2. The van der Waals surface area contributed by atoms with Crippen molar-refractivity contribution in [1.29, 1.82) is 0 Å². The van der Waals surface area contributed by atoms with Crippen LogP contribution in [0.15, 0.2) is 52.9 Å². The summed E-state index contributed by atoms with van der Waals surface area (Å²) in [6.07, 6.45) is 3.64. The Hall–Kier alpha value is -3.46. The number of furan rings is 1. The molecule has 2 N–H and O–H groups in total. The summed E-state index contributed by atoms with van der Waals surface area (Å²) in [5.41, 5.74) is 4.59. The van der Waals surface area contributed by atoms with Gasteiger partial charge in [0.1, 0.15) is 23.3 Å². The topological polar surface area (TPSA) is 103 Å². The average Bonchev–Trinajstić information content (AvgIpc) is 3.35. The maximum absolute atomic E-state index is 13.5. The standard InChI is InChI=1S/C30H37N3O5S/c1-21-6-9-24(25(18-21)32-12-4-3-5-13-32)30(28-11-7-22(2)38-28)31-29(35)20-23-8-10-27(34)26(19-23)33-14-16-39(36,37)17-15-33/h6-11,18-19,30,34H,3-5,12-17,20H2,1-2H3,(H,31,35). The van der Waals surface area contributed by atoms with E-state index in [4.69, 9.17) is 4.42 Å². The number of nitrogens with one attached hydrogen (secondary N) is 1. The normalized spacial score (nSPS) is 18.1. The molecule has 1 aromatic heterocycles. The van der Waals surface area contributed by atoms with Gasteiger partial charge in [-0.25, -0.2) is 8.42 Å². The van der Waals surface area contributed by atoms with Gasteiger partial charge in [0.2, 0.25) is 5.91 Å². The predicted octanol–water partition coefficient (Wildman–Crippen LogP) is 4.28. The maximum Gasteiger partial charge on any atom is 0.225 e. The first-order valence-corrected chi connectivity index (χ1v) is 15.5. The molecule has 0 spiro atoms. The largest absolute Gasteiger partial charge is 0.506 e. The molecule has 2 saturated heterocycles. The molecular weight excluding hydrogens is 514 g/mol. The number of aromatic hydroxyl groups is 1. The number of phenolic OH excluding ortho intramolecular Hbond substituents is 1. The molecule has 39 heavy (non-hydrogen) atoms. The van der Waals surface area contributed by atoms with E-state index in [1.807, 2.05) is 24.0 Å². The number of carbonyl (C=O) groups excluding carboxylic acids is 1. The van der Waals surface area contributed by atoms with Gasteiger partial charge in [-0.1, -0.05) is 18.2 Å². The van der Waals surface area contributed by atoms with Crippen LogP contribution in [0.3, 0.4) is 0 Å². The molecule has 2 fully saturated rings. The highest BCUT2D eigenvalue weighted by Crippen LogP contribution is 2.35. The maximum atomic E-state index is 13.5. The van der Waals surface area contributed by atoms with Crippen LogP contribution in [0.2, 0.25) is 0 Å². The number of sulfone groups is 1. The van der Waals surface area contributed by atoms with Gasteiger partial charge in [0, 0.05) is 37.4 Å². The van der Waals surface area contributed by atoms with E-state index in [1.165, 1.54) is 12.0 Å². The first-order valence-electron chi connectivity index (χ1n) is 13.7. The number of anilines is 2. The number of carbonyl (C=O) groups is 1. The van der Waals surface area contributed by atoms with Crippen molar-refractivity contribution in [3.63, 3.8) is 0 Å². The van der Waals surface area contributed by atoms with Gasteiger partial charge >= 0.3 is 0 Å². The van der Waals surface area contributed by atoms with Crippen molar-refractivity contribution in [3.8, 4) is 5.75 Å². The molecule has 0 aliphatic carbocycles. The second-order valence-corrected chi connectivity index (χ2v) is 13.0. The molecule has 1 unspecified atom stereocenters. The second kappa shape index (κ2) is 11.3. The van der Waals surface area contributed by atoms with E-state index in [1.54, 1.807) is 18.2 Å². The number of piperidine rings is 1. The third kappa shape index (κ3) is 6.41. The molecule has 0 bridgehead atoms. The summed E-state index contributed by atoms with van der Waals surface area (Å²) in [4.78, 5) is 17.7. The van der Waals surface area contributed by atoms with Gasteiger partial charge < -0.3 is 24.6 Å². The number of amides is 1. The van der Waals surface area contributed by atoms with Gasteiger partial charge in [0.15, 0.2) is 9.84 Å². The lowest BCUT2D eigenvalue weighted by Gasteiger charge is -2.33. The first-order chi connectivity index (χ1) is 18.7. The highest BCUT2D eigenvalue weighted by atomic mass is 32.2. The quantitative estimate of drug-likeness (QED) is 0.452. The molecule has 3 aromatic rings. The van der Waals surface area contributed by atoms with E-state index in [0.29, 0.717) is 24.5 Å². The van der Waals surface area contributed by atoms with E-state index in [2.05, 4.69) is 35.3 Å². The summed E-state index contributed by atoms with van der Waals surface area (Å²) >= 11 is 0. The number of benzene rings is 2. The predicted molar refractivity (Wildman–Crippen MR) is 153 cm³/mol. The van der Waals surface area contributed by atoms with Crippen LogP contribution in [0, 0.1) is 13.8 Å². The molecule has 208 valence electrons. The zero-order valence-corrected chi connectivity index (χ0v) is 23.5. The molecule has 1 amide bonds. The zero-order valence-electron chi connectivity index (χ0n) is 22.7. The highest BCUT2D eigenvalue weighted by molar-refractivity contribution is 7.91. The molecule has 1 atom stereocenters. The van der Waals surface area contributed by atoms with Crippen molar-refractivity contribution >= 4 is 27.1 Å². The number of phenols is 1. The Morgan fingerprint density at radius 3 is 2.33 bits per heavy atom. The molecule has 2 aliphatic heterocycles. The molecule has 9 heteroatoms. The molecular formula is C30H37N3O5S.